The molecule has 0 aliphatic carbocycles. The number of primary amides is 1. The van der Waals surface area contributed by atoms with Crippen LogP contribution in [-0.2, 0) is 11.3 Å². The first-order valence-corrected chi connectivity index (χ1v) is 7.93. The lowest BCUT2D eigenvalue weighted by Crippen LogP contribution is -2.29. The molecule has 2 N–H and O–H groups in total. The lowest BCUT2D eigenvalue weighted by Gasteiger charge is -2.27. The second-order valence-electron chi connectivity index (χ2n) is 6.18. The summed E-state index contributed by atoms with van der Waals surface area (Å²) < 4.78 is 12.3. The summed E-state index contributed by atoms with van der Waals surface area (Å²) in [7, 11) is 3.93. The Labute approximate surface area is 142 Å². The maximum Gasteiger partial charge on any atom is 0.248 e. The molecule has 1 aliphatic heterocycles. The van der Waals surface area contributed by atoms with E-state index in [1.54, 1.807) is 18.2 Å². The Morgan fingerprint density at radius 2 is 2.00 bits per heavy atom. The van der Waals surface area contributed by atoms with Crippen molar-refractivity contribution in [2.45, 2.75) is 25.9 Å². The van der Waals surface area contributed by atoms with Crippen molar-refractivity contribution in [3.63, 3.8) is 0 Å². The van der Waals surface area contributed by atoms with E-state index >= 15 is 0 Å². The molecule has 1 heterocycles. The molecule has 0 bridgehead atoms. The van der Waals surface area contributed by atoms with E-state index in [4.69, 9.17) is 15.2 Å². The van der Waals surface area contributed by atoms with Crippen LogP contribution in [0.15, 0.2) is 42.5 Å². The lowest BCUT2D eigenvalue weighted by atomic mass is 9.96. The van der Waals surface area contributed by atoms with Gasteiger partial charge in [-0.05, 0) is 50.3 Å². The Hall–Kier alpha value is -2.37. The minimum atomic E-state index is -0.463. The van der Waals surface area contributed by atoms with E-state index in [0.717, 1.165) is 16.7 Å². The molecule has 2 unspecified atom stereocenters. The number of rotatable bonds is 4. The average molecular weight is 326 g/mol. The molecule has 2 aromatic carbocycles. The Morgan fingerprint density at radius 3 is 2.71 bits per heavy atom. The first-order valence-electron chi connectivity index (χ1n) is 7.93. The Kier molecular flexibility index (Phi) is 4.55. The van der Waals surface area contributed by atoms with Crippen LogP contribution in [0.4, 0.5) is 0 Å². The molecule has 5 nitrogen and oxygen atoms in total. The second kappa shape index (κ2) is 6.63. The highest BCUT2D eigenvalue weighted by Crippen LogP contribution is 2.39. The number of hydrogen-bond acceptors (Lipinski definition) is 4. The van der Waals surface area contributed by atoms with Crippen LogP contribution in [0.25, 0.3) is 0 Å². The first-order chi connectivity index (χ1) is 11.5. The van der Waals surface area contributed by atoms with Gasteiger partial charge < -0.3 is 15.2 Å². The molecular weight excluding hydrogens is 304 g/mol. The summed E-state index contributed by atoms with van der Waals surface area (Å²) in [6.07, 6.45) is -0.429. The number of amides is 1. The molecule has 1 amide bonds. The van der Waals surface area contributed by atoms with Crippen LogP contribution >= 0.6 is 0 Å². The summed E-state index contributed by atoms with van der Waals surface area (Å²) >= 11 is 0. The number of ether oxygens (including phenoxy) is 2. The molecule has 1 aliphatic rings. The van der Waals surface area contributed by atoms with Gasteiger partial charge in [0, 0.05) is 11.1 Å². The highest BCUT2D eigenvalue weighted by molar-refractivity contribution is 5.93. The molecule has 126 valence electrons. The molecule has 2 aromatic rings. The van der Waals surface area contributed by atoms with Crippen LogP contribution in [-0.4, -0.2) is 31.1 Å². The smallest absolute Gasteiger partial charge is 0.248 e. The third-order valence-corrected chi connectivity index (χ3v) is 4.36. The van der Waals surface area contributed by atoms with Gasteiger partial charge in [-0.15, -0.1) is 0 Å². The van der Waals surface area contributed by atoms with Crippen LogP contribution in [0, 0.1) is 0 Å². The van der Waals surface area contributed by atoms with Crippen molar-refractivity contribution in [1.82, 2.24) is 4.90 Å². The van der Waals surface area contributed by atoms with E-state index in [0.29, 0.717) is 17.9 Å². The molecule has 5 heteroatoms. The normalized spacial score (nSPS) is 17.4. The zero-order valence-electron chi connectivity index (χ0n) is 14.2. The number of carbonyl (C=O) groups excluding carboxylic acids is 1. The fraction of sp³-hybridized carbons (Fsp3) is 0.316. The predicted octanol–water partition coefficient (Wildman–Crippen LogP) is 2.69. The van der Waals surface area contributed by atoms with Crippen LogP contribution in [0.3, 0.4) is 0 Å². The van der Waals surface area contributed by atoms with Crippen molar-refractivity contribution in [3.05, 3.63) is 64.7 Å². The summed E-state index contributed by atoms with van der Waals surface area (Å²) in [6, 6.07) is 13.3. The first kappa shape index (κ1) is 16.5. The van der Waals surface area contributed by atoms with Gasteiger partial charge >= 0.3 is 0 Å². The van der Waals surface area contributed by atoms with E-state index in [-0.39, 0.29) is 12.3 Å². The fourth-order valence-electron chi connectivity index (χ4n) is 2.75. The maximum absolute atomic E-state index is 11.6. The number of nitrogens with two attached hydrogens (primary N) is 1. The van der Waals surface area contributed by atoms with Crippen molar-refractivity contribution < 1.29 is 14.3 Å². The summed E-state index contributed by atoms with van der Waals surface area (Å²) in [4.78, 5) is 13.6. The van der Waals surface area contributed by atoms with E-state index in [9.17, 15) is 4.79 Å². The number of benzene rings is 2. The molecule has 0 radical (unpaired) electrons. The van der Waals surface area contributed by atoms with Gasteiger partial charge in [-0.1, -0.05) is 24.3 Å². The van der Waals surface area contributed by atoms with Crippen LogP contribution in [0.5, 0.6) is 5.75 Å². The SMILES string of the molecule is CC(OC1c2ccccc2COc2ccc(C(N)=O)cc21)N(C)C. The molecule has 3 rings (SSSR count). The van der Waals surface area contributed by atoms with Gasteiger partial charge in [-0.3, -0.25) is 9.69 Å². The second-order valence-corrected chi connectivity index (χ2v) is 6.18. The zero-order valence-corrected chi connectivity index (χ0v) is 14.2. The fourth-order valence-corrected chi connectivity index (χ4v) is 2.75. The summed E-state index contributed by atoms with van der Waals surface area (Å²) in [6.45, 7) is 2.46. The number of carbonyl (C=O) groups is 1. The molecular formula is C19H22N2O3. The molecule has 24 heavy (non-hydrogen) atoms. The largest absolute Gasteiger partial charge is 0.488 e. The minimum absolute atomic E-state index is 0.105. The Balaban J connectivity index is 2.12. The van der Waals surface area contributed by atoms with Gasteiger partial charge in [0.15, 0.2) is 0 Å². The molecule has 0 saturated heterocycles. The molecule has 0 saturated carbocycles. The van der Waals surface area contributed by atoms with E-state index in [1.807, 2.05) is 50.2 Å². The predicted molar refractivity (Wildman–Crippen MR) is 91.8 cm³/mol. The van der Waals surface area contributed by atoms with Crippen molar-refractivity contribution in [3.8, 4) is 5.75 Å². The summed E-state index contributed by atoms with van der Waals surface area (Å²) in [5.74, 6) is 0.252. The standard InChI is InChI=1S/C19H22N2O3/c1-12(21(2)3)24-18-15-7-5-4-6-14(15)11-23-17-9-8-13(19(20)22)10-16(17)18/h4-10,12,18H,11H2,1-3H3,(H2,20,22). The van der Waals surface area contributed by atoms with Gasteiger partial charge in [-0.25, -0.2) is 0 Å². The van der Waals surface area contributed by atoms with Crippen molar-refractivity contribution in [1.29, 1.82) is 0 Å². The third-order valence-electron chi connectivity index (χ3n) is 4.36. The highest BCUT2D eigenvalue weighted by Gasteiger charge is 2.28. The zero-order chi connectivity index (χ0) is 17.3. The van der Waals surface area contributed by atoms with Gasteiger partial charge in [-0.2, -0.15) is 0 Å². The number of hydrogen-bond donors (Lipinski definition) is 1. The maximum atomic E-state index is 11.6. The molecule has 0 spiro atoms. The Morgan fingerprint density at radius 1 is 1.25 bits per heavy atom. The van der Waals surface area contributed by atoms with Crippen molar-refractivity contribution in [2.75, 3.05) is 14.1 Å². The van der Waals surface area contributed by atoms with E-state index in [1.165, 1.54) is 0 Å². The van der Waals surface area contributed by atoms with Crippen LogP contribution in [0.1, 0.15) is 40.1 Å². The number of nitrogens with zero attached hydrogens (tertiary/aromatic N) is 1. The molecule has 0 aromatic heterocycles. The summed E-state index contributed by atoms with van der Waals surface area (Å²) in [5.41, 5.74) is 8.84. The van der Waals surface area contributed by atoms with Gasteiger partial charge in [0.25, 0.3) is 0 Å². The van der Waals surface area contributed by atoms with Crippen molar-refractivity contribution in [2.24, 2.45) is 5.73 Å². The quantitative estimate of drug-likeness (QED) is 0.878. The molecule has 0 fully saturated rings. The topological polar surface area (TPSA) is 64.8 Å². The highest BCUT2D eigenvalue weighted by atomic mass is 16.5. The number of fused-ring (bicyclic) bond motifs is 2. The molecule has 2 atom stereocenters. The van der Waals surface area contributed by atoms with Crippen LogP contribution < -0.4 is 10.5 Å². The van der Waals surface area contributed by atoms with Gasteiger partial charge in [0.05, 0.1) is 0 Å². The van der Waals surface area contributed by atoms with Gasteiger partial charge in [0.2, 0.25) is 5.91 Å². The van der Waals surface area contributed by atoms with E-state index < -0.39 is 5.91 Å². The van der Waals surface area contributed by atoms with Gasteiger partial charge in [0.1, 0.15) is 24.7 Å². The third kappa shape index (κ3) is 3.13. The van der Waals surface area contributed by atoms with Crippen molar-refractivity contribution >= 4 is 5.91 Å². The summed E-state index contributed by atoms with van der Waals surface area (Å²) in [5, 5.41) is 0. The minimum Gasteiger partial charge on any atom is -0.488 e. The monoisotopic (exact) mass is 326 g/mol. The lowest BCUT2D eigenvalue weighted by molar-refractivity contribution is -0.0566. The average Bonchev–Trinajstić information content (AvgIpc) is 2.72. The van der Waals surface area contributed by atoms with E-state index in [2.05, 4.69) is 0 Å². The Bertz CT molecular complexity index is 758. The van der Waals surface area contributed by atoms with Crippen LogP contribution in [0.2, 0.25) is 0 Å².